The van der Waals surface area contributed by atoms with Crippen molar-refractivity contribution in [3.8, 4) is 0 Å². The number of nitrogens with two attached hydrogens (primary N) is 1. The summed E-state index contributed by atoms with van der Waals surface area (Å²) < 4.78 is 5.44. The maximum Gasteiger partial charge on any atom is 0.410 e. The van der Waals surface area contributed by atoms with Crippen LogP contribution in [0.4, 0.5) is 16.2 Å². The quantitative estimate of drug-likeness (QED) is 0.769. The van der Waals surface area contributed by atoms with E-state index in [1.54, 1.807) is 17.0 Å². The first-order valence-corrected chi connectivity index (χ1v) is 8.40. The Morgan fingerprint density at radius 2 is 1.74 bits per heavy atom. The Bertz CT molecular complexity index is 564. The highest BCUT2D eigenvalue weighted by molar-refractivity contribution is 6.39. The number of rotatable bonds is 1. The maximum atomic E-state index is 12.2. The Kier molecular flexibility index (Phi) is 5.53. The molecule has 0 bridgehead atoms. The smallest absolute Gasteiger partial charge is 0.410 e. The molecule has 2 N–H and O–H groups in total. The lowest BCUT2D eigenvalue weighted by Gasteiger charge is -2.27. The van der Waals surface area contributed by atoms with Crippen molar-refractivity contribution in [3.63, 3.8) is 0 Å². The van der Waals surface area contributed by atoms with Gasteiger partial charge in [-0.25, -0.2) is 4.79 Å². The van der Waals surface area contributed by atoms with Gasteiger partial charge in [0.05, 0.1) is 15.7 Å². The minimum atomic E-state index is -0.493. The van der Waals surface area contributed by atoms with Crippen LogP contribution < -0.4 is 10.6 Å². The van der Waals surface area contributed by atoms with Gasteiger partial charge in [-0.15, -0.1) is 0 Å². The van der Waals surface area contributed by atoms with Gasteiger partial charge in [0, 0.05) is 31.9 Å². The third kappa shape index (κ3) is 4.82. The Balaban J connectivity index is 2.09. The standard InChI is InChI=1S/C16H23Cl2N3O2/c1-16(2,3)23-15(22)21-6-4-5-20(7-8-21)14-12(17)9-11(19)10-13(14)18/h9-10H,4-8,19H2,1-3H3. The lowest BCUT2D eigenvalue weighted by molar-refractivity contribution is 0.0263. The molecule has 128 valence electrons. The average Bonchev–Trinajstić information content (AvgIpc) is 2.61. The van der Waals surface area contributed by atoms with Crippen LogP contribution in [-0.4, -0.2) is 42.8 Å². The van der Waals surface area contributed by atoms with E-state index >= 15 is 0 Å². The molecule has 0 saturated carbocycles. The molecule has 0 unspecified atom stereocenters. The summed E-state index contributed by atoms with van der Waals surface area (Å²) in [5.41, 5.74) is 6.57. The van der Waals surface area contributed by atoms with Crippen LogP contribution in [0.15, 0.2) is 12.1 Å². The predicted octanol–water partition coefficient (Wildman–Crippen LogP) is 4.02. The number of ether oxygens (including phenoxy) is 1. The predicted molar refractivity (Wildman–Crippen MR) is 95.5 cm³/mol. The second kappa shape index (κ2) is 7.05. The minimum absolute atomic E-state index is 0.283. The molecule has 23 heavy (non-hydrogen) atoms. The maximum absolute atomic E-state index is 12.2. The summed E-state index contributed by atoms with van der Waals surface area (Å²) in [5.74, 6) is 0. The Labute approximate surface area is 147 Å². The van der Waals surface area contributed by atoms with E-state index in [1.807, 2.05) is 20.8 Å². The fourth-order valence-electron chi connectivity index (χ4n) is 2.54. The number of hydrogen-bond donors (Lipinski definition) is 1. The number of anilines is 2. The number of hydrogen-bond acceptors (Lipinski definition) is 4. The first kappa shape index (κ1) is 18.0. The van der Waals surface area contributed by atoms with Crippen LogP contribution in [0, 0.1) is 0 Å². The summed E-state index contributed by atoms with van der Waals surface area (Å²) in [6.07, 6.45) is 0.532. The van der Waals surface area contributed by atoms with Crippen molar-refractivity contribution in [3.05, 3.63) is 22.2 Å². The summed E-state index contributed by atoms with van der Waals surface area (Å²) in [6.45, 7) is 8.21. The molecular weight excluding hydrogens is 337 g/mol. The van der Waals surface area contributed by atoms with Crippen molar-refractivity contribution in [1.29, 1.82) is 0 Å². The van der Waals surface area contributed by atoms with Gasteiger partial charge in [-0.3, -0.25) is 0 Å². The monoisotopic (exact) mass is 359 g/mol. The van der Waals surface area contributed by atoms with E-state index in [1.165, 1.54) is 0 Å². The van der Waals surface area contributed by atoms with Gasteiger partial charge in [0.25, 0.3) is 0 Å². The third-order valence-corrected chi connectivity index (χ3v) is 4.08. The van der Waals surface area contributed by atoms with Crippen molar-refractivity contribution < 1.29 is 9.53 Å². The molecule has 7 heteroatoms. The zero-order valence-electron chi connectivity index (χ0n) is 13.7. The molecule has 1 aliphatic rings. The largest absolute Gasteiger partial charge is 0.444 e. The van der Waals surface area contributed by atoms with Crippen LogP contribution in [0.5, 0.6) is 0 Å². The molecular formula is C16H23Cl2N3O2. The van der Waals surface area contributed by atoms with Gasteiger partial charge in [-0.2, -0.15) is 0 Å². The molecule has 0 spiro atoms. The fraction of sp³-hybridized carbons (Fsp3) is 0.562. The van der Waals surface area contributed by atoms with Gasteiger partial charge >= 0.3 is 6.09 Å². The van der Waals surface area contributed by atoms with E-state index in [4.69, 9.17) is 33.7 Å². The van der Waals surface area contributed by atoms with Crippen molar-refractivity contribution >= 4 is 40.7 Å². The molecule has 0 aromatic heterocycles. The first-order valence-electron chi connectivity index (χ1n) is 7.65. The molecule has 2 rings (SSSR count). The highest BCUT2D eigenvalue weighted by Gasteiger charge is 2.25. The van der Waals surface area contributed by atoms with Crippen LogP contribution >= 0.6 is 23.2 Å². The van der Waals surface area contributed by atoms with E-state index in [9.17, 15) is 4.79 Å². The van der Waals surface area contributed by atoms with Crippen LogP contribution in [0.3, 0.4) is 0 Å². The van der Waals surface area contributed by atoms with Crippen LogP contribution in [0.25, 0.3) is 0 Å². The molecule has 1 saturated heterocycles. The van der Waals surface area contributed by atoms with Crippen molar-refractivity contribution in [2.24, 2.45) is 0 Å². The second-order valence-electron chi connectivity index (χ2n) is 6.64. The van der Waals surface area contributed by atoms with E-state index < -0.39 is 5.60 Å². The van der Waals surface area contributed by atoms with Crippen molar-refractivity contribution in [2.75, 3.05) is 36.8 Å². The summed E-state index contributed by atoms with van der Waals surface area (Å²) in [7, 11) is 0. The van der Waals surface area contributed by atoms with E-state index in [0.29, 0.717) is 35.4 Å². The molecule has 1 aliphatic heterocycles. The Morgan fingerprint density at radius 1 is 1.13 bits per heavy atom. The van der Waals surface area contributed by atoms with Gasteiger partial charge in [0.1, 0.15) is 5.60 Å². The summed E-state index contributed by atoms with van der Waals surface area (Å²) >= 11 is 12.6. The van der Waals surface area contributed by atoms with Crippen LogP contribution in [-0.2, 0) is 4.74 Å². The number of nitrogens with zero attached hydrogens (tertiary/aromatic N) is 2. The number of amides is 1. The molecule has 0 aliphatic carbocycles. The zero-order valence-corrected chi connectivity index (χ0v) is 15.2. The average molecular weight is 360 g/mol. The fourth-order valence-corrected chi connectivity index (χ4v) is 3.28. The SMILES string of the molecule is CC(C)(C)OC(=O)N1CCCN(c2c(Cl)cc(N)cc2Cl)CC1. The van der Waals surface area contributed by atoms with E-state index in [0.717, 1.165) is 18.7 Å². The van der Waals surface area contributed by atoms with Crippen LogP contribution in [0.2, 0.25) is 10.0 Å². The molecule has 1 aromatic carbocycles. The first-order chi connectivity index (χ1) is 10.7. The van der Waals surface area contributed by atoms with Gasteiger partial charge in [0.15, 0.2) is 0 Å². The lowest BCUT2D eigenvalue weighted by atomic mass is 10.2. The normalized spacial score (nSPS) is 16.2. The van der Waals surface area contributed by atoms with Gasteiger partial charge in [-0.05, 0) is 39.3 Å². The van der Waals surface area contributed by atoms with Crippen molar-refractivity contribution in [1.82, 2.24) is 4.90 Å². The molecule has 1 fully saturated rings. The number of halogens is 2. The topological polar surface area (TPSA) is 58.8 Å². The zero-order chi connectivity index (χ0) is 17.2. The number of carbonyl (C=O) groups excluding carboxylic acids is 1. The summed E-state index contributed by atoms with van der Waals surface area (Å²) in [4.78, 5) is 16.0. The molecule has 1 amide bonds. The molecule has 1 heterocycles. The van der Waals surface area contributed by atoms with Gasteiger partial charge in [-0.1, -0.05) is 23.2 Å². The summed E-state index contributed by atoms with van der Waals surface area (Å²) in [5, 5.41) is 1.06. The molecule has 1 aromatic rings. The molecule has 0 atom stereocenters. The second-order valence-corrected chi connectivity index (χ2v) is 7.46. The highest BCUT2D eigenvalue weighted by atomic mass is 35.5. The van der Waals surface area contributed by atoms with Crippen molar-refractivity contribution in [2.45, 2.75) is 32.8 Å². The summed E-state index contributed by atoms with van der Waals surface area (Å²) in [6, 6.07) is 3.39. The van der Waals surface area contributed by atoms with E-state index in [2.05, 4.69) is 4.90 Å². The molecule has 5 nitrogen and oxygen atoms in total. The number of benzene rings is 1. The van der Waals surface area contributed by atoms with Gasteiger partial charge < -0.3 is 20.3 Å². The number of nitrogen functional groups attached to an aromatic ring is 1. The number of carbonyl (C=O) groups is 1. The van der Waals surface area contributed by atoms with E-state index in [-0.39, 0.29) is 6.09 Å². The van der Waals surface area contributed by atoms with Gasteiger partial charge in [0.2, 0.25) is 0 Å². The minimum Gasteiger partial charge on any atom is -0.444 e. The lowest BCUT2D eigenvalue weighted by Crippen LogP contribution is -2.39. The Hall–Kier alpha value is -1.33. The Morgan fingerprint density at radius 3 is 2.30 bits per heavy atom. The third-order valence-electron chi connectivity index (χ3n) is 3.50. The molecule has 0 radical (unpaired) electrons. The van der Waals surface area contributed by atoms with Crippen LogP contribution in [0.1, 0.15) is 27.2 Å². The highest BCUT2D eigenvalue weighted by Crippen LogP contribution is 2.36.